The number of rotatable bonds is 5. The Morgan fingerprint density at radius 2 is 2.00 bits per heavy atom. The Bertz CT molecular complexity index is 561. The highest BCUT2D eigenvalue weighted by atomic mass is 16.5. The van der Waals surface area contributed by atoms with Gasteiger partial charge in [0.2, 0.25) is 0 Å². The fourth-order valence-corrected chi connectivity index (χ4v) is 3.60. The normalized spacial score (nSPS) is 26.7. The smallest absolute Gasteiger partial charge is 0.252 e. The second-order valence-electron chi connectivity index (χ2n) is 6.84. The van der Waals surface area contributed by atoms with Gasteiger partial charge in [-0.3, -0.25) is 9.69 Å². The zero-order valence-corrected chi connectivity index (χ0v) is 14.6. The standard InChI is InChI=1S/C17H28N4O3/c1-13-10-20(11-14(2)24-13)7-8-23-15-3-5-21(6-4-15)16-9-17(22)19-12-18-16/h9,12-15H,3-8,10-11H2,1-2H3,(H,18,19,22). The number of nitrogens with zero attached hydrogens (tertiary/aromatic N) is 3. The Labute approximate surface area is 143 Å². The molecular weight excluding hydrogens is 308 g/mol. The lowest BCUT2D eigenvalue weighted by molar-refractivity contribution is -0.0768. The Morgan fingerprint density at radius 3 is 2.67 bits per heavy atom. The Hall–Kier alpha value is -1.44. The van der Waals surface area contributed by atoms with Crippen LogP contribution in [0.5, 0.6) is 0 Å². The van der Waals surface area contributed by atoms with E-state index in [4.69, 9.17) is 9.47 Å². The number of nitrogens with one attached hydrogen (secondary N) is 1. The molecule has 134 valence electrons. The highest BCUT2D eigenvalue weighted by Gasteiger charge is 2.23. The molecule has 3 heterocycles. The predicted molar refractivity (Wildman–Crippen MR) is 92.5 cm³/mol. The third-order valence-corrected chi connectivity index (χ3v) is 4.69. The van der Waals surface area contributed by atoms with Crippen LogP contribution in [0.4, 0.5) is 5.82 Å². The molecule has 2 aliphatic rings. The van der Waals surface area contributed by atoms with E-state index in [1.54, 1.807) is 6.07 Å². The maximum atomic E-state index is 11.4. The SMILES string of the molecule is CC1CN(CCOC2CCN(c3cc(=O)[nH]cn3)CC2)CC(C)O1. The number of aromatic nitrogens is 2. The van der Waals surface area contributed by atoms with Crippen molar-refractivity contribution in [1.82, 2.24) is 14.9 Å². The number of morpholine rings is 1. The first-order valence-corrected chi connectivity index (χ1v) is 8.89. The highest BCUT2D eigenvalue weighted by molar-refractivity contribution is 5.36. The van der Waals surface area contributed by atoms with Crippen molar-refractivity contribution in [1.29, 1.82) is 0 Å². The summed E-state index contributed by atoms with van der Waals surface area (Å²) in [6.07, 6.45) is 4.33. The number of H-pyrrole nitrogens is 1. The minimum absolute atomic E-state index is 0.104. The molecule has 7 nitrogen and oxygen atoms in total. The van der Waals surface area contributed by atoms with Crippen LogP contribution in [0, 0.1) is 0 Å². The van der Waals surface area contributed by atoms with E-state index in [2.05, 4.69) is 33.6 Å². The van der Waals surface area contributed by atoms with Crippen LogP contribution in [0.2, 0.25) is 0 Å². The van der Waals surface area contributed by atoms with Crippen molar-refractivity contribution < 1.29 is 9.47 Å². The molecule has 2 saturated heterocycles. The molecule has 0 spiro atoms. The first-order valence-electron chi connectivity index (χ1n) is 8.89. The fourth-order valence-electron chi connectivity index (χ4n) is 3.60. The Morgan fingerprint density at radius 1 is 1.29 bits per heavy atom. The van der Waals surface area contributed by atoms with Gasteiger partial charge in [0.15, 0.2) is 0 Å². The van der Waals surface area contributed by atoms with Gasteiger partial charge in [-0.25, -0.2) is 4.98 Å². The van der Waals surface area contributed by atoms with E-state index >= 15 is 0 Å². The minimum Gasteiger partial charge on any atom is -0.377 e. The molecule has 1 N–H and O–H groups in total. The molecule has 24 heavy (non-hydrogen) atoms. The van der Waals surface area contributed by atoms with Crippen LogP contribution < -0.4 is 10.5 Å². The van der Waals surface area contributed by atoms with Crippen molar-refractivity contribution in [2.45, 2.75) is 45.0 Å². The van der Waals surface area contributed by atoms with Crippen LogP contribution >= 0.6 is 0 Å². The van der Waals surface area contributed by atoms with E-state index in [9.17, 15) is 4.79 Å². The van der Waals surface area contributed by atoms with E-state index < -0.39 is 0 Å². The lowest BCUT2D eigenvalue weighted by Crippen LogP contribution is -2.47. The van der Waals surface area contributed by atoms with Gasteiger partial charge in [0.1, 0.15) is 5.82 Å². The monoisotopic (exact) mass is 336 g/mol. The lowest BCUT2D eigenvalue weighted by Gasteiger charge is -2.36. The van der Waals surface area contributed by atoms with Gasteiger partial charge >= 0.3 is 0 Å². The highest BCUT2D eigenvalue weighted by Crippen LogP contribution is 2.18. The van der Waals surface area contributed by atoms with Crippen LogP contribution in [-0.2, 0) is 9.47 Å². The summed E-state index contributed by atoms with van der Waals surface area (Å²) in [6, 6.07) is 1.56. The molecule has 0 aliphatic carbocycles. The number of ether oxygens (including phenoxy) is 2. The van der Waals surface area contributed by atoms with Gasteiger partial charge in [-0.2, -0.15) is 0 Å². The summed E-state index contributed by atoms with van der Waals surface area (Å²) in [6.45, 7) is 9.73. The van der Waals surface area contributed by atoms with Crippen molar-refractivity contribution >= 4 is 5.82 Å². The van der Waals surface area contributed by atoms with Crippen molar-refractivity contribution in [2.24, 2.45) is 0 Å². The number of piperidine rings is 1. The molecule has 2 aliphatic heterocycles. The summed E-state index contributed by atoms with van der Waals surface area (Å²) in [7, 11) is 0. The van der Waals surface area contributed by atoms with E-state index in [0.717, 1.165) is 58.0 Å². The Balaban J connectivity index is 1.37. The molecule has 1 aromatic heterocycles. The van der Waals surface area contributed by atoms with Gasteiger partial charge in [-0.15, -0.1) is 0 Å². The van der Waals surface area contributed by atoms with Crippen LogP contribution in [-0.4, -0.2) is 72.5 Å². The van der Waals surface area contributed by atoms with Gasteiger partial charge in [0.25, 0.3) is 5.56 Å². The minimum atomic E-state index is -0.104. The predicted octanol–water partition coefficient (Wildman–Crippen LogP) is 0.865. The molecule has 1 aromatic rings. The van der Waals surface area contributed by atoms with Crippen LogP contribution in [0.3, 0.4) is 0 Å². The molecule has 0 amide bonds. The van der Waals surface area contributed by atoms with E-state index in [1.807, 2.05) is 0 Å². The number of anilines is 1. The zero-order valence-electron chi connectivity index (χ0n) is 14.6. The quantitative estimate of drug-likeness (QED) is 0.860. The lowest BCUT2D eigenvalue weighted by atomic mass is 10.1. The molecule has 0 bridgehead atoms. The third kappa shape index (κ3) is 4.78. The number of aromatic amines is 1. The van der Waals surface area contributed by atoms with Gasteiger partial charge in [0.05, 0.1) is 31.2 Å². The fraction of sp³-hybridized carbons (Fsp3) is 0.765. The van der Waals surface area contributed by atoms with Crippen molar-refractivity contribution in [3.63, 3.8) is 0 Å². The van der Waals surface area contributed by atoms with Crippen LogP contribution in [0.25, 0.3) is 0 Å². The first kappa shape index (κ1) is 17.4. The van der Waals surface area contributed by atoms with Crippen molar-refractivity contribution in [2.75, 3.05) is 44.2 Å². The molecule has 2 unspecified atom stereocenters. The summed E-state index contributed by atoms with van der Waals surface area (Å²) in [4.78, 5) is 22.7. The maximum absolute atomic E-state index is 11.4. The molecular formula is C17H28N4O3. The number of hydrogen-bond acceptors (Lipinski definition) is 6. The second kappa shape index (κ2) is 8.09. The van der Waals surface area contributed by atoms with Crippen molar-refractivity contribution in [3.05, 3.63) is 22.7 Å². The molecule has 3 rings (SSSR count). The summed E-state index contributed by atoms with van der Waals surface area (Å²) in [5, 5.41) is 0. The molecule has 0 saturated carbocycles. The average molecular weight is 336 g/mol. The van der Waals surface area contributed by atoms with Crippen molar-refractivity contribution in [3.8, 4) is 0 Å². The second-order valence-corrected chi connectivity index (χ2v) is 6.84. The van der Waals surface area contributed by atoms with E-state index in [0.29, 0.717) is 18.3 Å². The van der Waals surface area contributed by atoms with Crippen LogP contribution in [0.1, 0.15) is 26.7 Å². The zero-order chi connectivity index (χ0) is 16.9. The summed E-state index contributed by atoms with van der Waals surface area (Å²) < 4.78 is 11.8. The van der Waals surface area contributed by atoms with Gasteiger partial charge < -0.3 is 19.4 Å². The van der Waals surface area contributed by atoms with E-state index in [-0.39, 0.29) is 5.56 Å². The third-order valence-electron chi connectivity index (χ3n) is 4.69. The van der Waals surface area contributed by atoms with E-state index in [1.165, 1.54) is 6.33 Å². The average Bonchev–Trinajstić information content (AvgIpc) is 2.55. The van der Waals surface area contributed by atoms with Crippen LogP contribution in [0.15, 0.2) is 17.2 Å². The summed E-state index contributed by atoms with van der Waals surface area (Å²) in [5.74, 6) is 0.758. The molecule has 0 radical (unpaired) electrons. The molecule has 2 fully saturated rings. The Kier molecular flexibility index (Phi) is 5.86. The molecule has 0 aromatic carbocycles. The van der Waals surface area contributed by atoms with Gasteiger partial charge in [-0.1, -0.05) is 0 Å². The number of hydrogen-bond donors (Lipinski definition) is 1. The maximum Gasteiger partial charge on any atom is 0.252 e. The topological polar surface area (TPSA) is 70.7 Å². The molecule has 2 atom stereocenters. The largest absolute Gasteiger partial charge is 0.377 e. The summed E-state index contributed by atoms with van der Waals surface area (Å²) in [5.41, 5.74) is -0.104. The summed E-state index contributed by atoms with van der Waals surface area (Å²) >= 11 is 0. The van der Waals surface area contributed by atoms with Gasteiger partial charge in [0, 0.05) is 38.8 Å². The molecule has 7 heteroatoms. The first-order chi connectivity index (χ1) is 11.6. The van der Waals surface area contributed by atoms with Gasteiger partial charge in [-0.05, 0) is 26.7 Å².